The maximum absolute atomic E-state index is 6.25. The van der Waals surface area contributed by atoms with Crippen molar-refractivity contribution in [1.82, 2.24) is 4.90 Å². The molecule has 1 aromatic carbocycles. The van der Waals surface area contributed by atoms with Crippen molar-refractivity contribution >= 4 is 0 Å². The molecule has 0 aromatic heterocycles. The Balaban J connectivity index is 1.65. The monoisotopic (exact) mass is 244 g/mol. The van der Waals surface area contributed by atoms with E-state index >= 15 is 0 Å². The van der Waals surface area contributed by atoms with E-state index < -0.39 is 0 Å². The standard InChI is InChI=1S/C16H24N2/c1-2-16(17)11-18(12-16)10-14-8-5-7-13-6-3-4-9-15(13)14/h3-4,6,9,14H,2,5,7-8,10-12,17H2,1H3. The van der Waals surface area contributed by atoms with E-state index in [9.17, 15) is 0 Å². The van der Waals surface area contributed by atoms with E-state index in [0.717, 1.165) is 25.4 Å². The van der Waals surface area contributed by atoms with Crippen LogP contribution in [-0.4, -0.2) is 30.1 Å². The summed E-state index contributed by atoms with van der Waals surface area (Å²) in [6, 6.07) is 8.99. The predicted octanol–water partition coefficient (Wildman–Crippen LogP) is 2.53. The lowest BCUT2D eigenvalue weighted by Gasteiger charge is -2.49. The second-order valence-corrected chi connectivity index (χ2v) is 6.17. The van der Waals surface area contributed by atoms with Gasteiger partial charge in [-0.15, -0.1) is 0 Å². The summed E-state index contributed by atoms with van der Waals surface area (Å²) in [5.74, 6) is 0.733. The van der Waals surface area contributed by atoms with Crippen LogP contribution >= 0.6 is 0 Å². The third-order valence-corrected chi connectivity index (χ3v) is 4.75. The molecule has 98 valence electrons. The van der Waals surface area contributed by atoms with Crippen molar-refractivity contribution in [1.29, 1.82) is 0 Å². The maximum Gasteiger partial charge on any atom is 0.0409 e. The number of aryl methyl sites for hydroxylation is 1. The smallest absolute Gasteiger partial charge is 0.0409 e. The van der Waals surface area contributed by atoms with Crippen molar-refractivity contribution in [3.63, 3.8) is 0 Å². The van der Waals surface area contributed by atoms with Gasteiger partial charge in [0.05, 0.1) is 0 Å². The van der Waals surface area contributed by atoms with Crippen LogP contribution in [0.3, 0.4) is 0 Å². The lowest BCUT2D eigenvalue weighted by molar-refractivity contribution is 0.0600. The van der Waals surface area contributed by atoms with Gasteiger partial charge in [0.1, 0.15) is 0 Å². The average molecular weight is 244 g/mol. The van der Waals surface area contributed by atoms with E-state index in [1.165, 1.54) is 25.8 Å². The van der Waals surface area contributed by atoms with E-state index in [1.807, 2.05) is 0 Å². The first-order valence-electron chi connectivity index (χ1n) is 7.29. The zero-order valence-corrected chi connectivity index (χ0v) is 11.4. The van der Waals surface area contributed by atoms with Gasteiger partial charge >= 0.3 is 0 Å². The molecule has 0 spiro atoms. The minimum absolute atomic E-state index is 0.105. The molecule has 1 saturated heterocycles. The van der Waals surface area contributed by atoms with E-state index in [1.54, 1.807) is 11.1 Å². The molecule has 1 aliphatic heterocycles. The molecular weight excluding hydrogens is 220 g/mol. The van der Waals surface area contributed by atoms with Gasteiger partial charge in [-0.05, 0) is 42.7 Å². The fourth-order valence-corrected chi connectivity index (χ4v) is 3.55. The quantitative estimate of drug-likeness (QED) is 0.885. The van der Waals surface area contributed by atoms with Crippen LogP contribution in [0.1, 0.15) is 43.2 Å². The Morgan fingerprint density at radius 1 is 1.33 bits per heavy atom. The second kappa shape index (κ2) is 4.67. The molecule has 0 amide bonds. The van der Waals surface area contributed by atoms with Gasteiger partial charge in [0.2, 0.25) is 0 Å². The molecule has 18 heavy (non-hydrogen) atoms. The predicted molar refractivity (Wildman–Crippen MR) is 75.8 cm³/mol. The summed E-state index contributed by atoms with van der Waals surface area (Å²) in [7, 11) is 0. The van der Waals surface area contributed by atoms with Crippen molar-refractivity contribution in [2.45, 2.75) is 44.1 Å². The Morgan fingerprint density at radius 2 is 2.11 bits per heavy atom. The van der Waals surface area contributed by atoms with Crippen LogP contribution in [0.5, 0.6) is 0 Å². The van der Waals surface area contributed by atoms with Crippen molar-refractivity contribution in [3.8, 4) is 0 Å². The summed E-state index contributed by atoms with van der Waals surface area (Å²) >= 11 is 0. The molecule has 0 saturated carbocycles. The molecule has 2 heteroatoms. The van der Waals surface area contributed by atoms with Gasteiger partial charge in [-0.2, -0.15) is 0 Å². The molecule has 3 rings (SSSR count). The third-order valence-electron chi connectivity index (χ3n) is 4.75. The van der Waals surface area contributed by atoms with Gasteiger partial charge < -0.3 is 5.73 Å². The molecule has 1 heterocycles. The van der Waals surface area contributed by atoms with Crippen molar-refractivity contribution < 1.29 is 0 Å². The number of benzene rings is 1. The third kappa shape index (κ3) is 2.19. The number of hydrogen-bond acceptors (Lipinski definition) is 2. The Labute approximate surface area is 110 Å². The van der Waals surface area contributed by atoms with E-state index in [-0.39, 0.29) is 5.54 Å². The Hall–Kier alpha value is -0.860. The van der Waals surface area contributed by atoms with Crippen LogP contribution in [0.2, 0.25) is 0 Å². The molecular formula is C16H24N2. The van der Waals surface area contributed by atoms with E-state index in [0.29, 0.717) is 0 Å². The fraction of sp³-hybridized carbons (Fsp3) is 0.625. The SMILES string of the molecule is CCC1(N)CN(CC2CCCc3ccccc32)C1. The minimum atomic E-state index is 0.105. The average Bonchev–Trinajstić information content (AvgIpc) is 2.37. The van der Waals surface area contributed by atoms with Crippen molar-refractivity contribution in [2.75, 3.05) is 19.6 Å². The summed E-state index contributed by atoms with van der Waals surface area (Å²) in [6.07, 6.45) is 5.06. The van der Waals surface area contributed by atoms with E-state index in [4.69, 9.17) is 5.73 Å². The number of hydrogen-bond donors (Lipinski definition) is 1. The first-order valence-corrected chi connectivity index (χ1v) is 7.29. The zero-order valence-electron chi connectivity index (χ0n) is 11.4. The van der Waals surface area contributed by atoms with Crippen LogP contribution in [0.25, 0.3) is 0 Å². The molecule has 2 N–H and O–H groups in total. The van der Waals surface area contributed by atoms with E-state index in [2.05, 4.69) is 36.1 Å². The molecule has 1 fully saturated rings. The van der Waals surface area contributed by atoms with Gasteiger partial charge in [-0.25, -0.2) is 0 Å². The molecule has 2 aliphatic rings. The molecule has 2 nitrogen and oxygen atoms in total. The summed E-state index contributed by atoms with van der Waals surface area (Å²) in [6.45, 7) is 5.58. The Morgan fingerprint density at radius 3 is 2.89 bits per heavy atom. The van der Waals surface area contributed by atoms with Gasteiger partial charge in [0, 0.05) is 25.2 Å². The number of nitrogens with two attached hydrogens (primary N) is 1. The molecule has 1 aliphatic carbocycles. The van der Waals surface area contributed by atoms with Gasteiger partial charge in [0.25, 0.3) is 0 Å². The largest absolute Gasteiger partial charge is 0.323 e. The highest BCUT2D eigenvalue weighted by Gasteiger charge is 2.38. The number of likely N-dealkylation sites (tertiary alicyclic amines) is 1. The molecule has 1 unspecified atom stereocenters. The zero-order chi connectivity index (χ0) is 12.6. The van der Waals surface area contributed by atoms with Crippen LogP contribution in [0.4, 0.5) is 0 Å². The van der Waals surface area contributed by atoms with Crippen molar-refractivity contribution in [3.05, 3.63) is 35.4 Å². The van der Waals surface area contributed by atoms with Gasteiger partial charge in [-0.3, -0.25) is 4.90 Å². The highest BCUT2D eigenvalue weighted by molar-refractivity contribution is 5.33. The molecule has 0 bridgehead atoms. The van der Waals surface area contributed by atoms with Crippen LogP contribution in [0, 0.1) is 0 Å². The van der Waals surface area contributed by atoms with Gasteiger partial charge in [-0.1, -0.05) is 31.2 Å². The summed E-state index contributed by atoms with van der Waals surface area (Å²) < 4.78 is 0. The Bertz CT molecular complexity index is 421. The first-order chi connectivity index (χ1) is 8.70. The summed E-state index contributed by atoms with van der Waals surface area (Å²) in [5.41, 5.74) is 9.52. The second-order valence-electron chi connectivity index (χ2n) is 6.17. The van der Waals surface area contributed by atoms with Crippen LogP contribution in [-0.2, 0) is 6.42 Å². The molecule has 0 radical (unpaired) electrons. The lowest BCUT2D eigenvalue weighted by Crippen LogP contribution is -2.67. The number of rotatable bonds is 3. The summed E-state index contributed by atoms with van der Waals surface area (Å²) in [5, 5.41) is 0. The lowest BCUT2D eigenvalue weighted by atomic mass is 9.80. The van der Waals surface area contributed by atoms with Crippen LogP contribution < -0.4 is 5.73 Å². The van der Waals surface area contributed by atoms with Crippen LogP contribution in [0.15, 0.2) is 24.3 Å². The highest BCUT2D eigenvalue weighted by atomic mass is 15.2. The number of nitrogens with zero attached hydrogens (tertiary/aromatic N) is 1. The highest BCUT2D eigenvalue weighted by Crippen LogP contribution is 2.34. The maximum atomic E-state index is 6.25. The summed E-state index contributed by atoms with van der Waals surface area (Å²) in [4.78, 5) is 2.54. The number of fused-ring (bicyclic) bond motifs is 1. The Kier molecular flexibility index (Phi) is 3.16. The normalized spacial score (nSPS) is 26.4. The molecule has 1 aromatic rings. The molecule has 1 atom stereocenters. The minimum Gasteiger partial charge on any atom is -0.323 e. The van der Waals surface area contributed by atoms with Crippen molar-refractivity contribution in [2.24, 2.45) is 5.73 Å². The van der Waals surface area contributed by atoms with Gasteiger partial charge in [0.15, 0.2) is 0 Å². The fourth-order valence-electron chi connectivity index (χ4n) is 3.55. The topological polar surface area (TPSA) is 29.3 Å². The first kappa shape index (κ1) is 12.2.